The third kappa shape index (κ3) is 2.79. The fourth-order valence-electron chi connectivity index (χ4n) is 1.86. The highest BCUT2D eigenvalue weighted by Crippen LogP contribution is 2.37. The molecule has 2 rings (SSSR count). The van der Waals surface area contributed by atoms with Gasteiger partial charge in [0.2, 0.25) is 0 Å². The molecule has 0 heterocycles. The van der Waals surface area contributed by atoms with Gasteiger partial charge in [-0.25, -0.2) is 0 Å². The summed E-state index contributed by atoms with van der Waals surface area (Å²) in [6.45, 7) is 2.20. The maximum absolute atomic E-state index is 6.10. The number of hydrogen-bond acceptors (Lipinski definition) is 1. The van der Waals surface area contributed by atoms with Gasteiger partial charge in [-0.15, -0.1) is 0 Å². The van der Waals surface area contributed by atoms with Crippen LogP contribution in [-0.2, 0) is 0 Å². The van der Waals surface area contributed by atoms with E-state index in [-0.39, 0.29) is 0 Å². The van der Waals surface area contributed by atoms with E-state index in [2.05, 4.69) is 12.2 Å². The van der Waals surface area contributed by atoms with E-state index in [9.17, 15) is 0 Å². The standard InChI is InChI=1S/C12H15Cl2N/c1-2-11(8-3-4-8)15-12-7-9(13)5-6-10(12)14/h5-8,11,15H,2-4H2,1H3. The van der Waals surface area contributed by atoms with Crippen LogP contribution in [0.4, 0.5) is 5.69 Å². The molecule has 0 radical (unpaired) electrons. The molecule has 1 aromatic carbocycles. The molecule has 0 spiro atoms. The minimum absolute atomic E-state index is 0.543. The zero-order valence-corrected chi connectivity index (χ0v) is 10.3. The molecule has 1 fully saturated rings. The second kappa shape index (κ2) is 4.63. The number of anilines is 1. The lowest BCUT2D eigenvalue weighted by molar-refractivity contribution is 0.616. The van der Waals surface area contributed by atoms with Gasteiger partial charge >= 0.3 is 0 Å². The van der Waals surface area contributed by atoms with Crippen LogP contribution in [-0.4, -0.2) is 6.04 Å². The van der Waals surface area contributed by atoms with E-state index >= 15 is 0 Å². The summed E-state index contributed by atoms with van der Waals surface area (Å²) in [6.07, 6.45) is 3.81. The summed E-state index contributed by atoms with van der Waals surface area (Å²) in [7, 11) is 0. The normalized spacial score (nSPS) is 17.5. The molecular formula is C12H15Cl2N. The number of halogens is 2. The first kappa shape index (κ1) is 11.1. The maximum Gasteiger partial charge on any atom is 0.0638 e. The van der Waals surface area contributed by atoms with Crippen LogP contribution >= 0.6 is 23.2 Å². The average Bonchev–Trinajstić information content (AvgIpc) is 3.03. The summed E-state index contributed by atoms with van der Waals surface area (Å²) in [4.78, 5) is 0. The Morgan fingerprint density at radius 3 is 2.73 bits per heavy atom. The molecule has 1 saturated carbocycles. The number of benzene rings is 1. The molecule has 0 amide bonds. The molecule has 1 unspecified atom stereocenters. The van der Waals surface area contributed by atoms with E-state index in [1.54, 1.807) is 0 Å². The summed E-state index contributed by atoms with van der Waals surface area (Å²) in [6, 6.07) is 6.09. The van der Waals surface area contributed by atoms with Crippen molar-refractivity contribution in [1.29, 1.82) is 0 Å². The molecule has 0 saturated heterocycles. The average molecular weight is 244 g/mol. The lowest BCUT2D eigenvalue weighted by atomic mass is 10.1. The summed E-state index contributed by atoms with van der Waals surface area (Å²) in [5.74, 6) is 0.824. The van der Waals surface area contributed by atoms with Crippen LogP contribution in [0.1, 0.15) is 26.2 Å². The van der Waals surface area contributed by atoms with Crippen LogP contribution in [0, 0.1) is 5.92 Å². The first-order chi connectivity index (χ1) is 7.20. The number of nitrogens with one attached hydrogen (secondary N) is 1. The summed E-state index contributed by atoms with van der Waals surface area (Å²) in [5, 5.41) is 4.96. The van der Waals surface area contributed by atoms with E-state index in [1.807, 2.05) is 18.2 Å². The van der Waals surface area contributed by atoms with Crippen molar-refractivity contribution >= 4 is 28.9 Å². The molecular weight excluding hydrogens is 229 g/mol. The molecule has 1 aliphatic rings. The molecule has 1 aromatic rings. The van der Waals surface area contributed by atoms with Gasteiger partial charge in [-0.05, 0) is 43.4 Å². The van der Waals surface area contributed by atoms with Gasteiger partial charge in [0.25, 0.3) is 0 Å². The van der Waals surface area contributed by atoms with Gasteiger partial charge in [0.15, 0.2) is 0 Å². The van der Waals surface area contributed by atoms with E-state index in [1.165, 1.54) is 12.8 Å². The van der Waals surface area contributed by atoms with Gasteiger partial charge in [-0.2, -0.15) is 0 Å². The fourth-order valence-corrected chi connectivity index (χ4v) is 2.20. The van der Waals surface area contributed by atoms with Gasteiger partial charge in [0, 0.05) is 11.1 Å². The second-order valence-corrected chi connectivity index (χ2v) is 4.96. The van der Waals surface area contributed by atoms with E-state index in [4.69, 9.17) is 23.2 Å². The monoisotopic (exact) mass is 243 g/mol. The minimum atomic E-state index is 0.543. The minimum Gasteiger partial charge on any atom is -0.381 e. The SMILES string of the molecule is CCC(Nc1cc(Cl)ccc1Cl)C1CC1. The number of hydrogen-bond donors (Lipinski definition) is 1. The Labute approximate surface area is 101 Å². The molecule has 15 heavy (non-hydrogen) atoms. The van der Waals surface area contributed by atoms with E-state index < -0.39 is 0 Å². The topological polar surface area (TPSA) is 12.0 Å². The first-order valence-electron chi connectivity index (χ1n) is 5.42. The molecule has 0 bridgehead atoms. The van der Waals surface area contributed by atoms with E-state index in [0.717, 1.165) is 28.1 Å². The fraction of sp³-hybridized carbons (Fsp3) is 0.500. The van der Waals surface area contributed by atoms with Gasteiger partial charge in [0.1, 0.15) is 0 Å². The molecule has 82 valence electrons. The van der Waals surface area contributed by atoms with Crippen LogP contribution in [0.2, 0.25) is 10.0 Å². The second-order valence-electron chi connectivity index (χ2n) is 4.12. The Morgan fingerprint density at radius 1 is 1.40 bits per heavy atom. The van der Waals surface area contributed by atoms with Gasteiger partial charge in [-0.3, -0.25) is 0 Å². The van der Waals surface area contributed by atoms with Crippen LogP contribution in [0.15, 0.2) is 18.2 Å². The van der Waals surface area contributed by atoms with Gasteiger partial charge in [-0.1, -0.05) is 30.1 Å². The maximum atomic E-state index is 6.10. The highest BCUT2D eigenvalue weighted by Gasteiger charge is 2.30. The zero-order valence-electron chi connectivity index (χ0n) is 8.76. The van der Waals surface area contributed by atoms with Crippen LogP contribution in [0.25, 0.3) is 0 Å². The Hall–Kier alpha value is -0.400. The summed E-state index contributed by atoms with van der Waals surface area (Å²) < 4.78 is 0. The molecule has 1 atom stereocenters. The number of rotatable bonds is 4. The Morgan fingerprint density at radius 2 is 2.13 bits per heavy atom. The molecule has 1 N–H and O–H groups in total. The predicted molar refractivity (Wildman–Crippen MR) is 66.9 cm³/mol. The quantitative estimate of drug-likeness (QED) is 0.816. The molecule has 1 aliphatic carbocycles. The Kier molecular flexibility index (Phi) is 3.42. The third-order valence-electron chi connectivity index (χ3n) is 2.90. The first-order valence-corrected chi connectivity index (χ1v) is 6.18. The van der Waals surface area contributed by atoms with Crippen molar-refractivity contribution in [3.63, 3.8) is 0 Å². The van der Waals surface area contributed by atoms with Gasteiger partial charge in [0.05, 0.1) is 10.7 Å². The third-order valence-corrected chi connectivity index (χ3v) is 3.46. The van der Waals surface area contributed by atoms with Crippen molar-refractivity contribution < 1.29 is 0 Å². The van der Waals surface area contributed by atoms with Crippen molar-refractivity contribution in [3.8, 4) is 0 Å². The van der Waals surface area contributed by atoms with Crippen molar-refractivity contribution in [2.24, 2.45) is 5.92 Å². The van der Waals surface area contributed by atoms with E-state index in [0.29, 0.717) is 6.04 Å². The van der Waals surface area contributed by atoms with Crippen LogP contribution in [0.5, 0.6) is 0 Å². The smallest absolute Gasteiger partial charge is 0.0638 e. The van der Waals surface area contributed by atoms with Crippen LogP contribution in [0.3, 0.4) is 0 Å². The van der Waals surface area contributed by atoms with Crippen molar-refractivity contribution in [1.82, 2.24) is 0 Å². The lowest BCUT2D eigenvalue weighted by Gasteiger charge is -2.18. The Balaban J connectivity index is 2.11. The molecule has 1 nitrogen and oxygen atoms in total. The van der Waals surface area contributed by atoms with Crippen molar-refractivity contribution in [2.75, 3.05) is 5.32 Å². The highest BCUT2D eigenvalue weighted by molar-refractivity contribution is 6.35. The van der Waals surface area contributed by atoms with Crippen molar-refractivity contribution in [2.45, 2.75) is 32.2 Å². The van der Waals surface area contributed by atoms with Gasteiger partial charge < -0.3 is 5.32 Å². The highest BCUT2D eigenvalue weighted by atomic mass is 35.5. The summed E-state index contributed by atoms with van der Waals surface area (Å²) >= 11 is 12.0. The largest absolute Gasteiger partial charge is 0.381 e. The van der Waals surface area contributed by atoms with Crippen LogP contribution < -0.4 is 5.32 Å². The Bertz CT molecular complexity index is 347. The molecule has 0 aliphatic heterocycles. The zero-order chi connectivity index (χ0) is 10.8. The summed E-state index contributed by atoms with van der Waals surface area (Å²) in [5.41, 5.74) is 0.961. The molecule has 0 aromatic heterocycles. The molecule has 3 heteroatoms. The predicted octanol–water partition coefficient (Wildman–Crippen LogP) is 4.59. The van der Waals surface area contributed by atoms with Crippen molar-refractivity contribution in [3.05, 3.63) is 28.2 Å². The lowest BCUT2D eigenvalue weighted by Crippen LogP contribution is -2.20.